The summed E-state index contributed by atoms with van der Waals surface area (Å²) in [5.74, 6) is 1.52. The Bertz CT molecular complexity index is 629. The zero-order valence-electron chi connectivity index (χ0n) is 11.6. The number of aryl methyl sites for hydroxylation is 1. The predicted octanol–water partition coefficient (Wildman–Crippen LogP) is 3.74. The van der Waals surface area contributed by atoms with Crippen LogP contribution >= 0.6 is 23.8 Å². The van der Waals surface area contributed by atoms with Crippen molar-refractivity contribution in [3.63, 3.8) is 0 Å². The Hall–Kier alpha value is -1.78. The van der Waals surface area contributed by atoms with Gasteiger partial charge in [-0.15, -0.1) is 0 Å². The van der Waals surface area contributed by atoms with Gasteiger partial charge in [0.05, 0.1) is 0 Å². The Morgan fingerprint density at radius 2 is 1.76 bits per heavy atom. The van der Waals surface area contributed by atoms with Crippen molar-refractivity contribution >= 4 is 28.8 Å². The maximum Gasteiger partial charge on any atom is 0.123 e. The van der Waals surface area contributed by atoms with Crippen molar-refractivity contribution in [2.24, 2.45) is 5.73 Å². The fourth-order valence-corrected chi connectivity index (χ4v) is 2.05. The first kappa shape index (κ1) is 15.6. The highest BCUT2D eigenvalue weighted by Gasteiger charge is 2.01. The monoisotopic (exact) mass is 321 g/mol. The molecule has 0 unspecified atom stereocenters. The highest BCUT2D eigenvalue weighted by molar-refractivity contribution is 7.80. The third kappa shape index (κ3) is 4.62. The minimum atomic E-state index is 0.376. The van der Waals surface area contributed by atoms with Crippen molar-refractivity contribution in [3.05, 3.63) is 58.6 Å². The van der Waals surface area contributed by atoms with Crippen LogP contribution in [0, 0.1) is 6.92 Å². The molecule has 3 nitrogen and oxygen atoms in total. The molecule has 0 radical (unpaired) electrons. The Kier molecular flexibility index (Phi) is 5.42. The van der Waals surface area contributed by atoms with Crippen LogP contribution in [-0.4, -0.2) is 18.2 Å². The summed E-state index contributed by atoms with van der Waals surface area (Å²) in [4.78, 5) is 0.376. The number of thiocarbonyl (C=S) groups is 1. The van der Waals surface area contributed by atoms with Crippen LogP contribution in [-0.2, 0) is 0 Å². The standard InChI is InChI=1S/C16H16ClNO2S/c1-11-2-5-13(17)10-15(11)20-9-8-19-14-6-3-12(4-7-14)16(18)21/h2-7,10H,8-9H2,1H3,(H2,18,21). The number of rotatable bonds is 6. The molecule has 0 aliphatic rings. The lowest BCUT2D eigenvalue weighted by Crippen LogP contribution is -2.11. The van der Waals surface area contributed by atoms with Gasteiger partial charge in [0.2, 0.25) is 0 Å². The van der Waals surface area contributed by atoms with Gasteiger partial charge in [-0.2, -0.15) is 0 Å². The van der Waals surface area contributed by atoms with E-state index in [4.69, 9.17) is 39.0 Å². The average Bonchev–Trinajstić information content (AvgIpc) is 2.47. The van der Waals surface area contributed by atoms with Gasteiger partial charge < -0.3 is 15.2 Å². The van der Waals surface area contributed by atoms with Crippen molar-refractivity contribution in [1.29, 1.82) is 0 Å². The van der Waals surface area contributed by atoms with Gasteiger partial charge in [-0.05, 0) is 48.9 Å². The van der Waals surface area contributed by atoms with E-state index in [0.717, 1.165) is 22.6 Å². The van der Waals surface area contributed by atoms with Crippen LogP contribution in [0.25, 0.3) is 0 Å². The highest BCUT2D eigenvalue weighted by Crippen LogP contribution is 2.22. The first-order valence-corrected chi connectivity index (χ1v) is 7.26. The quantitative estimate of drug-likeness (QED) is 0.650. The molecule has 21 heavy (non-hydrogen) atoms. The minimum absolute atomic E-state index is 0.376. The van der Waals surface area contributed by atoms with Gasteiger partial charge in [0, 0.05) is 10.6 Å². The van der Waals surface area contributed by atoms with Crippen LogP contribution < -0.4 is 15.2 Å². The molecule has 110 valence electrons. The maximum absolute atomic E-state index is 5.93. The van der Waals surface area contributed by atoms with Crippen molar-refractivity contribution < 1.29 is 9.47 Å². The fraction of sp³-hybridized carbons (Fsp3) is 0.188. The molecule has 0 atom stereocenters. The zero-order chi connectivity index (χ0) is 15.2. The van der Waals surface area contributed by atoms with Gasteiger partial charge in [-0.1, -0.05) is 29.9 Å². The number of ether oxygens (including phenoxy) is 2. The summed E-state index contributed by atoms with van der Waals surface area (Å²) in [6, 6.07) is 12.9. The molecule has 2 rings (SSSR count). The van der Waals surface area contributed by atoms with Gasteiger partial charge in [0.1, 0.15) is 29.7 Å². The molecule has 0 saturated heterocycles. The molecule has 0 aromatic heterocycles. The van der Waals surface area contributed by atoms with E-state index in [1.165, 1.54) is 0 Å². The van der Waals surface area contributed by atoms with Crippen molar-refractivity contribution in [2.75, 3.05) is 13.2 Å². The molecule has 0 spiro atoms. The number of hydrogen-bond donors (Lipinski definition) is 1. The Labute approximate surface area is 134 Å². The smallest absolute Gasteiger partial charge is 0.123 e. The molecular weight excluding hydrogens is 306 g/mol. The molecule has 0 aliphatic heterocycles. The first-order chi connectivity index (χ1) is 10.1. The first-order valence-electron chi connectivity index (χ1n) is 6.48. The van der Waals surface area contributed by atoms with Crippen LogP contribution in [0.15, 0.2) is 42.5 Å². The molecule has 0 bridgehead atoms. The third-order valence-electron chi connectivity index (χ3n) is 2.90. The van der Waals surface area contributed by atoms with Crippen molar-refractivity contribution in [2.45, 2.75) is 6.92 Å². The second-order valence-corrected chi connectivity index (χ2v) is 5.37. The van der Waals surface area contributed by atoms with Crippen LogP contribution in [0.1, 0.15) is 11.1 Å². The molecule has 2 N–H and O–H groups in total. The van der Waals surface area contributed by atoms with E-state index in [1.54, 1.807) is 6.07 Å². The molecule has 2 aromatic carbocycles. The van der Waals surface area contributed by atoms with Crippen molar-refractivity contribution in [1.82, 2.24) is 0 Å². The Morgan fingerprint density at radius 1 is 1.10 bits per heavy atom. The molecular formula is C16H16ClNO2S. The molecule has 0 fully saturated rings. The van der Waals surface area contributed by atoms with Crippen LogP contribution in [0.5, 0.6) is 11.5 Å². The van der Waals surface area contributed by atoms with Gasteiger partial charge in [0.25, 0.3) is 0 Å². The summed E-state index contributed by atoms with van der Waals surface area (Å²) < 4.78 is 11.2. The van der Waals surface area contributed by atoms with E-state index < -0.39 is 0 Å². The lowest BCUT2D eigenvalue weighted by Gasteiger charge is -2.11. The number of hydrogen-bond acceptors (Lipinski definition) is 3. The van der Waals surface area contributed by atoms with E-state index >= 15 is 0 Å². The average molecular weight is 322 g/mol. The largest absolute Gasteiger partial charge is 0.490 e. The molecule has 0 aliphatic carbocycles. The van der Waals surface area contributed by atoms with Crippen LogP contribution in [0.4, 0.5) is 0 Å². The molecule has 0 heterocycles. The second-order valence-electron chi connectivity index (χ2n) is 4.50. The number of nitrogens with two attached hydrogens (primary N) is 1. The fourth-order valence-electron chi connectivity index (χ4n) is 1.76. The van der Waals surface area contributed by atoms with E-state index in [2.05, 4.69) is 0 Å². The normalized spacial score (nSPS) is 10.2. The van der Waals surface area contributed by atoms with E-state index in [0.29, 0.717) is 23.2 Å². The zero-order valence-corrected chi connectivity index (χ0v) is 13.2. The predicted molar refractivity (Wildman–Crippen MR) is 89.5 cm³/mol. The van der Waals surface area contributed by atoms with Gasteiger partial charge in [-0.3, -0.25) is 0 Å². The second kappa shape index (κ2) is 7.29. The Balaban J connectivity index is 1.81. The SMILES string of the molecule is Cc1ccc(Cl)cc1OCCOc1ccc(C(N)=S)cc1. The minimum Gasteiger partial charge on any atom is -0.490 e. The Morgan fingerprint density at radius 3 is 2.43 bits per heavy atom. The third-order valence-corrected chi connectivity index (χ3v) is 3.37. The summed E-state index contributed by atoms with van der Waals surface area (Å²) in [6.07, 6.45) is 0. The maximum atomic E-state index is 5.93. The lowest BCUT2D eigenvalue weighted by atomic mass is 10.2. The molecule has 0 amide bonds. The van der Waals surface area contributed by atoms with Gasteiger partial charge in [-0.25, -0.2) is 0 Å². The lowest BCUT2D eigenvalue weighted by molar-refractivity contribution is 0.216. The van der Waals surface area contributed by atoms with E-state index in [9.17, 15) is 0 Å². The summed E-state index contributed by atoms with van der Waals surface area (Å²) >= 11 is 10.8. The van der Waals surface area contributed by atoms with Gasteiger partial charge in [0.15, 0.2) is 0 Å². The topological polar surface area (TPSA) is 44.5 Å². The summed E-state index contributed by atoms with van der Waals surface area (Å²) in [5.41, 5.74) is 7.40. The summed E-state index contributed by atoms with van der Waals surface area (Å²) in [6.45, 7) is 2.86. The van der Waals surface area contributed by atoms with E-state index in [1.807, 2.05) is 43.3 Å². The van der Waals surface area contributed by atoms with E-state index in [-0.39, 0.29) is 0 Å². The highest BCUT2D eigenvalue weighted by atomic mass is 35.5. The number of halogens is 1. The van der Waals surface area contributed by atoms with Crippen LogP contribution in [0.3, 0.4) is 0 Å². The van der Waals surface area contributed by atoms with Gasteiger partial charge >= 0.3 is 0 Å². The summed E-state index contributed by atoms with van der Waals surface area (Å²) in [7, 11) is 0. The number of benzene rings is 2. The van der Waals surface area contributed by atoms with Crippen LogP contribution in [0.2, 0.25) is 5.02 Å². The molecule has 0 saturated carbocycles. The molecule has 5 heteroatoms. The molecule has 2 aromatic rings. The summed E-state index contributed by atoms with van der Waals surface area (Å²) in [5, 5.41) is 0.657. The van der Waals surface area contributed by atoms with Crippen molar-refractivity contribution in [3.8, 4) is 11.5 Å².